The molecule has 1 N–H and O–H groups in total. The lowest BCUT2D eigenvalue weighted by molar-refractivity contribution is 0.240. The summed E-state index contributed by atoms with van der Waals surface area (Å²) in [4.78, 5) is 21.8. The lowest BCUT2D eigenvalue weighted by atomic mass is 10.1. The number of hydrogen-bond donors (Lipinski definition) is 1. The zero-order valence-electron chi connectivity index (χ0n) is 14.8. The maximum Gasteiger partial charge on any atom is 0.258 e. The van der Waals surface area contributed by atoms with Crippen molar-refractivity contribution in [1.29, 1.82) is 0 Å². The predicted octanol–water partition coefficient (Wildman–Crippen LogP) is 2.99. The highest BCUT2D eigenvalue weighted by Crippen LogP contribution is 2.20. The third kappa shape index (κ3) is 3.88. The van der Waals surface area contributed by atoms with Gasteiger partial charge in [-0.1, -0.05) is 30.3 Å². The number of nitrogens with one attached hydrogen (secondary N) is 1. The summed E-state index contributed by atoms with van der Waals surface area (Å²) in [6.07, 6.45) is 0.859. The molecule has 5 nitrogen and oxygen atoms in total. The van der Waals surface area contributed by atoms with Crippen LogP contribution in [0.4, 0.5) is 0 Å². The van der Waals surface area contributed by atoms with Crippen molar-refractivity contribution in [3.63, 3.8) is 0 Å². The van der Waals surface area contributed by atoms with E-state index in [1.165, 1.54) is 5.56 Å². The summed E-state index contributed by atoms with van der Waals surface area (Å²) in [5.41, 5.74) is 1.81. The molecule has 0 unspecified atom stereocenters. The van der Waals surface area contributed by atoms with Crippen molar-refractivity contribution < 1.29 is 4.74 Å². The second kappa shape index (κ2) is 7.49. The SMILES string of the molecule is COc1ccccc1C[C@@H](C)N(C)Cc1nc2ccccc2c(=O)[nH]1. The summed E-state index contributed by atoms with van der Waals surface area (Å²) in [6.45, 7) is 2.74. The molecule has 5 heteroatoms. The molecule has 0 fully saturated rings. The van der Waals surface area contributed by atoms with Crippen LogP contribution in [-0.4, -0.2) is 35.1 Å². The van der Waals surface area contributed by atoms with Crippen LogP contribution >= 0.6 is 0 Å². The zero-order chi connectivity index (χ0) is 17.8. The Morgan fingerprint density at radius 2 is 1.88 bits per heavy atom. The number of likely N-dealkylation sites (N-methyl/N-ethyl adjacent to an activating group) is 1. The smallest absolute Gasteiger partial charge is 0.258 e. The summed E-state index contributed by atoms with van der Waals surface area (Å²) in [6, 6.07) is 15.7. The average Bonchev–Trinajstić information content (AvgIpc) is 2.62. The molecule has 0 saturated carbocycles. The van der Waals surface area contributed by atoms with Crippen molar-refractivity contribution in [1.82, 2.24) is 14.9 Å². The summed E-state index contributed by atoms with van der Waals surface area (Å²) in [5.74, 6) is 1.58. The first kappa shape index (κ1) is 17.2. The highest BCUT2D eigenvalue weighted by atomic mass is 16.5. The highest BCUT2D eigenvalue weighted by molar-refractivity contribution is 5.77. The monoisotopic (exact) mass is 337 g/mol. The van der Waals surface area contributed by atoms with Crippen LogP contribution in [0.25, 0.3) is 10.9 Å². The van der Waals surface area contributed by atoms with Crippen LogP contribution in [0.15, 0.2) is 53.3 Å². The zero-order valence-corrected chi connectivity index (χ0v) is 14.8. The molecular weight excluding hydrogens is 314 g/mol. The van der Waals surface area contributed by atoms with Gasteiger partial charge in [-0.3, -0.25) is 9.69 Å². The van der Waals surface area contributed by atoms with Gasteiger partial charge in [-0.05, 0) is 44.2 Å². The molecule has 3 rings (SSSR count). The van der Waals surface area contributed by atoms with Crippen LogP contribution < -0.4 is 10.3 Å². The van der Waals surface area contributed by atoms with Crippen LogP contribution in [0, 0.1) is 0 Å². The number of H-pyrrole nitrogens is 1. The molecule has 0 radical (unpaired) electrons. The third-order valence-electron chi connectivity index (χ3n) is 4.52. The quantitative estimate of drug-likeness (QED) is 0.751. The normalized spacial score (nSPS) is 12.5. The van der Waals surface area contributed by atoms with Crippen molar-refractivity contribution in [3.8, 4) is 5.75 Å². The van der Waals surface area contributed by atoms with E-state index in [0.29, 0.717) is 17.8 Å². The lowest BCUT2D eigenvalue weighted by Gasteiger charge is -2.25. The van der Waals surface area contributed by atoms with Crippen molar-refractivity contribution in [2.75, 3.05) is 14.2 Å². The van der Waals surface area contributed by atoms with Crippen LogP contribution in [0.5, 0.6) is 5.75 Å². The average molecular weight is 337 g/mol. The van der Waals surface area contributed by atoms with E-state index < -0.39 is 0 Å². The van der Waals surface area contributed by atoms with Gasteiger partial charge in [-0.2, -0.15) is 0 Å². The van der Waals surface area contributed by atoms with Crippen molar-refractivity contribution in [2.45, 2.75) is 25.9 Å². The first-order valence-corrected chi connectivity index (χ1v) is 8.38. The van der Waals surface area contributed by atoms with Crippen LogP contribution in [0.3, 0.4) is 0 Å². The number of rotatable bonds is 6. The summed E-state index contributed by atoms with van der Waals surface area (Å²) >= 11 is 0. The molecule has 1 aromatic heterocycles. The van der Waals surface area contributed by atoms with Gasteiger partial charge in [0.15, 0.2) is 0 Å². The second-order valence-electron chi connectivity index (χ2n) is 6.31. The number of fused-ring (bicyclic) bond motifs is 1. The number of aromatic nitrogens is 2. The molecule has 1 atom stereocenters. The fourth-order valence-corrected chi connectivity index (χ4v) is 2.95. The number of para-hydroxylation sites is 2. The molecule has 0 bridgehead atoms. The van der Waals surface area contributed by atoms with Crippen molar-refractivity contribution in [3.05, 3.63) is 70.3 Å². The van der Waals surface area contributed by atoms with Gasteiger partial charge in [0, 0.05) is 6.04 Å². The molecule has 2 aromatic carbocycles. The van der Waals surface area contributed by atoms with Gasteiger partial charge in [0.2, 0.25) is 0 Å². The molecule has 0 saturated heterocycles. The molecule has 130 valence electrons. The van der Waals surface area contributed by atoms with E-state index in [1.807, 2.05) is 43.4 Å². The van der Waals surface area contributed by atoms with E-state index in [0.717, 1.165) is 17.7 Å². The fraction of sp³-hybridized carbons (Fsp3) is 0.300. The largest absolute Gasteiger partial charge is 0.496 e. The number of ether oxygens (including phenoxy) is 1. The van der Waals surface area contributed by atoms with Gasteiger partial charge in [-0.15, -0.1) is 0 Å². The van der Waals surface area contributed by atoms with E-state index >= 15 is 0 Å². The Bertz CT molecular complexity index is 920. The lowest BCUT2D eigenvalue weighted by Crippen LogP contribution is -2.32. The van der Waals surface area contributed by atoms with Crippen molar-refractivity contribution in [2.24, 2.45) is 0 Å². The van der Waals surface area contributed by atoms with E-state index in [-0.39, 0.29) is 11.6 Å². The Balaban J connectivity index is 1.75. The predicted molar refractivity (Wildman–Crippen MR) is 100.0 cm³/mol. The van der Waals surface area contributed by atoms with Gasteiger partial charge in [-0.25, -0.2) is 4.98 Å². The van der Waals surface area contributed by atoms with Crippen LogP contribution in [-0.2, 0) is 13.0 Å². The summed E-state index contributed by atoms with van der Waals surface area (Å²) in [7, 11) is 3.73. The fourth-order valence-electron chi connectivity index (χ4n) is 2.95. The molecule has 0 aliphatic rings. The first-order valence-electron chi connectivity index (χ1n) is 8.38. The Hall–Kier alpha value is -2.66. The molecular formula is C20H23N3O2. The maximum absolute atomic E-state index is 12.2. The Morgan fingerprint density at radius 1 is 1.16 bits per heavy atom. The first-order chi connectivity index (χ1) is 12.1. The van der Waals surface area contributed by atoms with Gasteiger partial charge in [0.05, 0.1) is 24.6 Å². The van der Waals surface area contributed by atoms with Crippen molar-refractivity contribution >= 4 is 10.9 Å². The standard InChI is InChI=1S/C20H23N3O2/c1-14(12-15-8-4-7-11-18(15)25-3)23(2)13-19-21-17-10-6-5-9-16(17)20(24)22-19/h4-11,14H,12-13H2,1-3H3,(H,21,22,24)/t14-/m1/s1. The van der Waals surface area contributed by atoms with E-state index in [2.05, 4.69) is 27.9 Å². The van der Waals surface area contributed by atoms with Crippen LogP contribution in [0.1, 0.15) is 18.3 Å². The Labute approximate surface area is 147 Å². The molecule has 0 amide bonds. The summed E-state index contributed by atoms with van der Waals surface area (Å²) in [5, 5.41) is 0.621. The van der Waals surface area contributed by atoms with E-state index in [4.69, 9.17) is 4.74 Å². The van der Waals surface area contributed by atoms with Gasteiger partial charge >= 0.3 is 0 Å². The number of aromatic amines is 1. The van der Waals surface area contributed by atoms with E-state index in [1.54, 1.807) is 13.2 Å². The van der Waals surface area contributed by atoms with Gasteiger partial charge < -0.3 is 9.72 Å². The third-order valence-corrected chi connectivity index (χ3v) is 4.52. The topological polar surface area (TPSA) is 58.2 Å². The Kier molecular flexibility index (Phi) is 5.14. The molecule has 25 heavy (non-hydrogen) atoms. The number of methoxy groups -OCH3 is 1. The summed E-state index contributed by atoms with van der Waals surface area (Å²) < 4.78 is 5.43. The minimum absolute atomic E-state index is 0.0913. The number of nitrogens with zero attached hydrogens (tertiary/aromatic N) is 2. The van der Waals surface area contributed by atoms with E-state index in [9.17, 15) is 4.79 Å². The maximum atomic E-state index is 12.2. The minimum Gasteiger partial charge on any atom is -0.496 e. The molecule has 0 spiro atoms. The van der Waals surface area contributed by atoms with Crippen LogP contribution in [0.2, 0.25) is 0 Å². The molecule has 0 aliphatic carbocycles. The number of hydrogen-bond acceptors (Lipinski definition) is 4. The highest BCUT2D eigenvalue weighted by Gasteiger charge is 2.14. The minimum atomic E-state index is -0.0913. The molecule has 3 aromatic rings. The number of benzene rings is 2. The molecule has 1 heterocycles. The Morgan fingerprint density at radius 3 is 2.68 bits per heavy atom. The van der Waals surface area contributed by atoms with Gasteiger partial charge in [0.25, 0.3) is 5.56 Å². The molecule has 0 aliphatic heterocycles. The van der Waals surface area contributed by atoms with Gasteiger partial charge in [0.1, 0.15) is 11.6 Å². The second-order valence-corrected chi connectivity index (χ2v) is 6.31.